The molecule has 1 aromatic heterocycles. The van der Waals surface area contributed by atoms with E-state index in [0.717, 1.165) is 16.1 Å². The highest BCUT2D eigenvalue weighted by molar-refractivity contribution is 7.19. The molecule has 1 heterocycles. The quantitative estimate of drug-likeness (QED) is 0.558. The molecule has 3 aromatic rings. The number of carbonyl (C=O) groups excluding carboxylic acids is 1. The van der Waals surface area contributed by atoms with Crippen LogP contribution in [0.3, 0.4) is 0 Å². The predicted molar refractivity (Wildman–Crippen MR) is 97.5 cm³/mol. The van der Waals surface area contributed by atoms with Crippen LogP contribution in [0.15, 0.2) is 54.6 Å². The number of hydrogen-bond donors (Lipinski definition) is 0. The lowest BCUT2D eigenvalue weighted by Crippen LogP contribution is -2.08. The maximum absolute atomic E-state index is 12.0. The van der Waals surface area contributed by atoms with Crippen LogP contribution in [0.4, 0.5) is 0 Å². The SMILES string of the molecule is O=C(Cc1nc(-c2ccc(Cl)cc2)sc1Cl)OCc1ccccc1. The summed E-state index contributed by atoms with van der Waals surface area (Å²) < 4.78 is 5.76. The minimum atomic E-state index is -0.353. The minimum Gasteiger partial charge on any atom is -0.461 e. The van der Waals surface area contributed by atoms with E-state index >= 15 is 0 Å². The molecule has 0 aliphatic rings. The Kier molecular flexibility index (Phi) is 5.51. The van der Waals surface area contributed by atoms with Crippen molar-refractivity contribution in [2.24, 2.45) is 0 Å². The van der Waals surface area contributed by atoms with Gasteiger partial charge >= 0.3 is 5.97 Å². The topological polar surface area (TPSA) is 39.2 Å². The normalized spacial score (nSPS) is 10.6. The van der Waals surface area contributed by atoms with Crippen LogP contribution in [-0.4, -0.2) is 11.0 Å². The standard InChI is InChI=1S/C18H13Cl2NO2S/c19-14-8-6-13(7-9-14)18-21-15(17(20)24-18)10-16(22)23-11-12-4-2-1-3-5-12/h1-9H,10-11H2. The number of benzene rings is 2. The summed E-state index contributed by atoms with van der Waals surface area (Å²) in [6, 6.07) is 16.9. The van der Waals surface area contributed by atoms with Gasteiger partial charge in [-0.1, -0.05) is 65.7 Å². The van der Waals surface area contributed by atoms with Crippen LogP contribution in [0.1, 0.15) is 11.3 Å². The number of rotatable bonds is 5. The maximum atomic E-state index is 12.0. The second-order valence-electron chi connectivity index (χ2n) is 5.07. The lowest BCUT2D eigenvalue weighted by Gasteiger charge is -2.03. The first kappa shape index (κ1) is 17.0. The molecular formula is C18H13Cl2NO2S. The van der Waals surface area contributed by atoms with Gasteiger partial charge in [-0.05, 0) is 17.7 Å². The number of esters is 1. The first-order valence-electron chi connectivity index (χ1n) is 7.22. The number of carbonyl (C=O) groups is 1. The fourth-order valence-corrected chi connectivity index (χ4v) is 3.35. The van der Waals surface area contributed by atoms with Crippen LogP contribution < -0.4 is 0 Å². The van der Waals surface area contributed by atoms with Crippen molar-refractivity contribution in [3.05, 3.63) is 75.2 Å². The van der Waals surface area contributed by atoms with E-state index in [1.807, 2.05) is 42.5 Å². The molecule has 6 heteroatoms. The molecule has 0 spiro atoms. The summed E-state index contributed by atoms with van der Waals surface area (Å²) in [5, 5.41) is 1.41. The molecule has 0 atom stereocenters. The van der Waals surface area contributed by atoms with Crippen molar-refractivity contribution in [1.29, 1.82) is 0 Å². The third-order valence-electron chi connectivity index (χ3n) is 3.30. The number of nitrogens with zero attached hydrogens (tertiary/aromatic N) is 1. The molecule has 0 unspecified atom stereocenters. The van der Waals surface area contributed by atoms with E-state index in [9.17, 15) is 4.79 Å². The summed E-state index contributed by atoms with van der Waals surface area (Å²) in [5.74, 6) is -0.353. The first-order chi connectivity index (χ1) is 11.6. The van der Waals surface area contributed by atoms with Gasteiger partial charge in [0.1, 0.15) is 16.0 Å². The second-order valence-corrected chi connectivity index (χ2v) is 7.11. The van der Waals surface area contributed by atoms with Crippen LogP contribution in [0.2, 0.25) is 9.36 Å². The number of thiazole rings is 1. The monoisotopic (exact) mass is 377 g/mol. The van der Waals surface area contributed by atoms with E-state index in [-0.39, 0.29) is 19.0 Å². The van der Waals surface area contributed by atoms with E-state index in [1.165, 1.54) is 11.3 Å². The molecule has 0 amide bonds. The average molecular weight is 378 g/mol. The van der Waals surface area contributed by atoms with Gasteiger partial charge in [0.05, 0.1) is 12.1 Å². The van der Waals surface area contributed by atoms with Crippen LogP contribution in [0, 0.1) is 0 Å². The number of halogens is 2. The first-order valence-corrected chi connectivity index (χ1v) is 8.80. The van der Waals surface area contributed by atoms with Gasteiger partial charge in [0.15, 0.2) is 0 Å². The fraction of sp³-hybridized carbons (Fsp3) is 0.111. The predicted octanol–water partition coefficient (Wildman–Crippen LogP) is 5.40. The van der Waals surface area contributed by atoms with Crippen molar-refractivity contribution in [2.45, 2.75) is 13.0 Å². The summed E-state index contributed by atoms with van der Waals surface area (Å²) in [6.45, 7) is 0.242. The largest absolute Gasteiger partial charge is 0.461 e. The van der Waals surface area contributed by atoms with E-state index < -0.39 is 0 Å². The van der Waals surface area contributed by atoms with E-state index in [1.54, 1.807) is 12.1 Å². The number of aromatic nitrogens is 1. The molecule has 0 aliphatic heterocycles. The van der Waals surface area contributed by atoms with Crippen molar-refractivity contribution in [3.8, 4) is 10.6 Å². The molecular weight excluding hydrogens is 365 g/mol. The third-order valence-corrected chi connectivity index (χ3v) is 4.93. The highest BCUT2D eigenvalue weighted by atomic mass is 35.5. The average Bonchev–Trinajstić information content (AvgIpc) is 2.95. The highest BCUT2D eigenvalue weighted by Crippen LogP contribution is 2.32. The van der Waals surface area contributed by atoms with Crippen LogP contribution in [0.25, 0.3) is 10.6 Å². The smallest absolute Gasteiger partial charge is 0.312 e. The Morgan fingerprint density at radius 2 is 1.75 bits per heavy atom. The Morgan fingerprint density at radius 1 is 1.04 bits per heavy atom. The maximum Gasteiger partial charge on any atom is 0.312 e. The summed E-state index contributed by atoms with van der Waals surface area (Å²) in [4.78, 5) is 16.4. The van der Waals surface area contributed by atoms with Gasteiger partial charge in [0.2, 0.25) is 0 Å². The van der Waals surface area contributed by atoms with E-state index in [4.69, 9.17) is 27.9 Å². The van der Waals surface area contributed by atoms with Gasteiger partial charge in [-0.3, -0.25) is 4.79 Å². The Hall–Kier alpha value is -1.88. The van der Waals surface area contributed by atoms with Crippen molar-refractivity contribution in [1.82, 2.24) is 4.98 Å². The molecule has 24 heavy (non-hydrogen) atoms. The molecule has 3 nitrogen and oxygen atoms in total. The van der Waals surface area contributed by atoms with Crippen LogP contribution >= 0.6 is 34.5 Å². The van der Waals surface area contributed by atoms with Gasteiger partial charge < -0.3 is 4.74 Å². The molecule has 0 saturated heterocycles. The van der Waals surface area contributed by atoms with E-state index in [2.05, 4.69) is 4.98 Å². The lowest BCUT2D eigenvalue weighted by molar-refractivity contribution is -0.144. The van der Waals surface area contributed by atoms with Crippen molar-refractivity contribution in [3.63, 3.8) is 0 Å². The molecule has 0 bridgehead atoms. The molecule has 2 aromatic carbocycles. The summed E-state index contributed by atoms with van der Waals surface area (Å²) in [6.07, 6.45) is 0.0513. The van der Waals surface area contributed by atoms with Gasteiger partial charge in [0.25, 0.3) is 0 Å². The fourth-order valence-electron chi connectivity index (χ4n) is 2.08. The number of hydrogen-bond acceptors (Lipinski definition) is 4. The summed E-state index contributed by atoms with van der Waals surface area (Å²) >= 11 is 13.4. The molecule has 0 aliphatic carbocycles. The van der Waals surface area contributed by atoms with Crippen LogP contribution in [-0.2, 0) is 22.6 Å². The zero-order valence-corrected chi connectivity index (χ0v) is 14.9. The number of ether oxygens (including phenoxy) is 1. The van der Waals surface area contributed by atoms with E-state index in [0.29, 0.717) is 15.1 Å². The molecule has 0 fully saturated rings. The van der Waals surface area contributed by atoms with Gasteiger partial charge in [0, 0.05) is 10.6 Å². The van der Waals surface area contributed by atoms with Crippen LogP contribution in [0.5, 0.6) is 0 Å². The van der Waals surface area contributed by atoms with Gasteiger partial charge in [-0.25, -0.2) is 4.98 Å². The highest BCUT2D eigenvalue weighted by Gasteiger charge is 2.15. The molecule has 0 N–H and O–H groups in total. The van der Waals surface area contributed by atoms with Gasteiger partial charge in [-0.2, -0.15) is 0 Å². The molecule has 0 radical (unpaired) electrons. The Labute approximate surface area is 153 Å². The Morgan fingerprint density at radius 3 is 2.46 bits per heavy atom. The molecule has 122 valence electrons. The second kappa shape index (κ2) is 7.79. The zero-order chi connectivity index (χ0) is 16.9. The molecule has 0 saturated carbocycles. The molecule has 3 rings (SSSR count). The lowest BCUT2D eigenvalue weighted by atomic mass is 10.2. The Balaban J connectivity index is 1.65. The Bertz CT molecular complexity index is 832. The van der Waals surface area contributed by atoms with Gasteiger partial charge in [-0.15, -0.1) is 11.3 Å². The summed E-state index contributed by atoms with van der Waals surface area (Å²) in [7, 11) is 0. The minimum absolute atomic E-state index is 0.0513. The summed E-state index contributed by atoms with van der Waals surface area (Å²) in [5.41, 5.74) is 2.39. The zero-order valence-electron chi connectivity index (χ0n) is 12.5. The third kappa shape index (κ3) is 4.35. The van der Waals surface area contributed by atoms with Crippen molar-refractivity contribution in [2.75, 3.05) is 0 Å². The van der Waals surface area contributed by atoms with Crippen molar-refractivity contribution >= 4 is 40.5 Å². The van der Waals surface area contributed by atoms with Crippen molar-refractivity contribution < 1.29 is 9.53 Å².